The number of hydrogen-bond acceptors (Lipinski definition) is 3. The molecule has 0 radical (unpaired) electrons. The summed E-state index contributed by atoms with van der Waals surface area (Å²) in [5.74, 6) is 0.465. The third kappa shape index (κ3) is 3.30. The van der Waals surface area contributed by atoms with Gasteiger partial charge in [-0.15, -0.1) is 0 Å². The summed E-state index contributed by atoms with van der Waals surface area (Å²) in [6.45, 7) is 3.86. The van der Waals surface area contributed by atoms with Crippen molar-refractivity contribution in [2.24, 2.45) is 5.92 Å². The van der Waals surface area contributed by atoms with Gasteiger partial charge in [-0.3, -0.25) is 9.59 Å². The van der Waals surface area contributed by atoms with Crippen molar-refractivity contribution in [2.45, 2.75) is 50.8 Å². The van der Waals surface area contributed by atoms with Gasteiger partial charge in [0.15, 0.2) is 0 Å². The van der Waals surface area contributed by atoms with Crippen LogP contribution in [-0.2, 0) is 14.3 Å². The van der Waals surface area contributed by atoms with E-state index in [2.05, 4.69) is 0 Å². The van der Waals surface area contributed by atoms with Gasteiger partial charge in [0, 0.05) is 12.5 Å². The number of rotatable bonds is 3. The number of carbonyl (C=O) groups is 2. The van der Waals surface area contributed by atoms with Gasteiger partial charge >= 0.3 is 0 Å². The van der Waals surface area contributed by atoms with Crippen LogP contribution in [0.4, 0.5) is 0 Å². The van der Waals surface area contributed by atoms with Gasteiger partial charge < -0.3 is 14.5 Å². The minimum absolute atomic E-state index is 0.0472. The molecule has 1 aromatic rings. The maximum Gasteiger partial charge on any atom is 0.245 e. The number of benzene rings is 1. The zero-order chi connectivity index (χ0) is 17.4. The molecule has 25 heavy (non-hydrogen) atoms. The Balaban J connectivity index is 1.48. The lowest BCUT2D eigenvalue weighted by Gasteiger charge is -2.40. The van der Waals surface area contributed by atoms with Crippen molar-refractivity contribution in [1.82, 2.24) is 9.80 Å². The van der Waals surface area contributed by atoms with Crippen LogP contribution in [-0.4, -0.2) is 53.4 Å². The largest absolute Gasteiger partial charge is 0.370 e. The van der Waals surface area contributed by atoms with Crippen molar-refractivity contribution in [3.05, 3.63) is 35.9 Å². The van der Waals surface area contributed by atoms with Crippen LogP contribution in [0.15, 0.2) is 30.3 Å². The molecule has 1 aliphatic carbocycles. The van der Waals surface area contributed by atoms with E-state index in [4.69, 9.17) is 4.74 Å². The smallest absolute Gasteiger partial charge is 0.245 e. The Hall–Kier alpha value is -1.88. The monoisotopic (exact) mass is 342 g/mol. The molecule has 3 fully saturated rings. The maximum absolute atomic E-state index is 13.2. The van der Waals surface area contributed by atoms with E-state index in [1.807, 2.05) is 47.1 Å². The molecule has 0 spiro atoms. The lowest BCUT2D eigenvalue weighted by molar-refractivity contribution is -0.153. The SMILES string of the molecule is CC1COC(c2ccccc2)CN1C(=O)C1CCCN1C(=O)C1CC1. The number of nitrogens with zero attached hydrogens (tertiary/aromatic N) is 2. The highest BCUT2D eigenvalue weighted by atomic mass is 16.5. The topological polar surface area (TPSA) is 49.9 Å². The Morgan fingerprint density at radius 3 is 2.52 bits per heavy atom. The van der Waals surface area contributed by atoms with Crippen LogP contribution in [0.2, 0.25) is 0 Å². The minimum atomic E-state index is -0.273. The number of ether oxygens (including phenoxy) is 1. The summed E-state index contributed by atoms with van der Waals surface area (Å²) in [7, 11) is 0. The molecule has 1 aromatic carbocycles. The molecule has 2 amide bonds. The Bertz CT molecular complexity index is 644. The van der Waals surface area contributed by atoms with E-state index in [9.17, 15) is 9.59 Å². The molecule has 3 unspecified atom stereocenters. The van der Waals surface area contributed by atoms with Crippen LogP contribution in [0.1, 0.15) is 44.3 Å². The highest BCUT2D eigenvalue weighted by Crippen LogP contribution is 2.34. The van der Waals surface area contributed by atoms with Crippen molar-refractivity contribution >= 4 is 11.8 Å². The van der Waals surface area contributed by atoms with Crippen LogP contribution in [0.5, 0.6) is 0 Å². The molecular weight excluding hydrogens is 316 g/mol. The second kappa shape index (κ2) is 6.79. The number of morpholine rings is 1. The average Bonchev–Trinajstić information content (AvgIpc) is 3.38. The van der Waals surface area contributed by atoms with E-state index >= 15 is 0 Å². The molecule has 134 valence electrons. The maximum atomic E-state index is 13.2. The van der Waals surface area contributed by atoms with E-state index < -0.39 is 0 Å². The summed E-state index contributed by atoms with van der Waals surface area (Å²) in [6.07, 6.45) is 3.60. The highest BCUT2D eigenvalue weighted by Gasteiger charge is 2.43. The van der Waals surface area contributed by atoms with E-state index in [-0.39, 0.29) is 35.9 Å². The first-order chi connectivity index (χ1) is 12.1. The summed E-state index contributed by atoms with van der Waals surface area (Å²) in [5, 5.41) is 0. The van der Waals surface area contributed by atoms with Gasteiger partial charge in [-0.05, 0) is 38.2 Å². The molecule has 1 saturated carbocycles. The highest BCUT2D eigenvalue weighted by molar-refractivity contribution is 5.90. The van der Waals surface area contributed by atoms with Gasteiger partial charge in [-0.25, -0.2) is 0 Å². The normalized spacial score (nSPS) is 29.7. The molecule has 0 N–H and O–H groups in total. The fraction of sp³-hybridized carbons (Fsp3) is 0.600. The lowest BCUT2D eigenvalue weighted by atomic mass is 10.0. The zero-order valence-electron chi connectivity index (χ0n) is 14.8. The van der Waals surface area contributed by atoms with Gasteiger partial charge in [0.1, 0.15) is 12.1 Å². The van der Waals surface area contributed by atoms with Gasteiger partial charge in [-0.2, -0.15) is 0 Å². The van der Waals surface area contributed by atoms with Crippen molar-refractivity contribution in [2.75, 3.05) is 19.7 Å². The Morgan fingerprint density at radius 2 is 1.80 bits per heavy atom. The molecular formula is C20H26N2O3. The van der Waals surface area contributed by atoms with Crippen molar-refractivity contribution < 1.29 is 14.3 Å². The third-order valence-corrected chi connectivity index (χ3v) is 5.64. The number of amides is 2. The average molecular weight is 342 g/mol. The summed E-state index contributed by atoms with van der Waals surface area (Å²) in [6, 6.07) is 9.84. The Morgan fingerprint density at radius 1 is 1.04 bits per heavy atom. The number of hydrogen-bond donors (Lipinski definition) is 0. The summed E-state index contributed by atoms with van der Waals surface area (Å²) >= 11 is 0. The quantitative estimate of drug-likeness (QED) is 0.847. The van der Waals surface area contributed by atoms with Crippen LogP contribution in [0, 0.1) is 5.92 Å². The van der Waals surface area contributed by atoms with Crippen LogP contribution in [0.3, 0.4) is 0 Å². The number of likely N-dealkylation sites (tertiary alicyclic amines) is 1. The van der Waals surface area contributed by atoms with E-state index in [0.29, 0.717) is 13.2 Å². The predicted molar refractivity (Wildman–Crippen MR) is 93.8 cm³/mol. The Kier molecular flexibility index (Phi) is 4.50. The fourth-order valence-corrected chi connectivity index (χ4v) is 3.98. The summed E-state index contributed by atoms with van der Waals surface area (Å²) in [5.41, 5.74) is 1.10. The van der Waals surface area contributed by atoms with Gasteiger partial charge in [0.05, 0.1) is 19.2 Å². The molecule has 2 aliphatic heterocycles. The molecule has 0 bridgehead atoms. The van der Waals surface area contributed by atoms with Gasteiger partial charge in [0.2, 0.25) is 11.8 Å². The second-order valence-electron chi connectivity index (χ2n) is 7.54. The second-order valence-corrected chi connectivity index (χ2v) is 7.54. The molecule has 0 aromatic heterocycles. The van der Waals surface area contributed by atoms with E-state index in [1.165, 1.54) is 0 Å². The summed E-state index contributed by atoms with van der Waals surface area (Å²) < 4.78 is 5.97. The predicted octanol–water partition coefficient (Wildman–Crippen LogP) is 2.38. The van der Waals surface area contributed by atoms with Gasteiger partial charge in [0.25, 0.3) is 0 Å². The van der Waals surface area contributed by atoms with E-state index in [1.54, 1.807) is 0 Å². The summed E-state index contributed by atoms with van der Waals surface area (Å²) in [4.78, 5) is 29.5. The Labute approximate surface area is 148 Å². The molecule has 3 aliphatic rings. The van der Waals surface area contributed by atoms with E-state index in [0.717, 1.165) is 37.8 Å². The molecule has 5 nitrogen and oxygen atoms in total. The molecule has 4 rings (SSSR count). The number of carbonyl (C=O) groups excluding carboxylic acids is 2. The van der Waals surface area contributed by atoms with Crippen molar-refractivity contribution in [3.63, 3.8) is 0 Å². The zero-order valence-corrected chi connectivity index (χ0v) is 14.8. The standard InChI is InChI=1S/C20H26N2O3/c1-14-13-25-18(15-6-3-2-4-7-15)12-22(14)20(24)17-8-5-11-21(17)19(23)16-9-10-16/h2-4,6-7,14,16-18H,5,8-13H2,1H3. The van der Waals surface area contributed by atoms with Crippen molar-refractivity contribution in [1.29, 1.82) is 0 Å². The molecule has 2 saturated heterocycles. The van der Waals surface area contributed by atoms with Crippen LogP contribution >= 0.6 is 0 Å². The van der Waals surface area contributed by atoms with Crippen LogP contribution in [0.25, 0.3) is 0 Å². The van der Waals surface area contributed by atoms with Gasteiger partial charge in [-0.1, -0.05) is 30.3 Å². The first-order valence-electron chi connectivity index (χ1n) is 9.42. The minimum Gasteiger partial charge on any atom is -0.370 e. The van der Waals surface area contributed by atoms with Crippen molar-refractivity contribution in [3.8, 4) is 0 Å². The third-order valence-electron chi connectivity index (χ3n) is 5.64. The molecule has 5 heteroatoms. The first kappa shape index (κ1) is 16.6. The molecule has 2 heterocycles. The van der Waals surface area contributed by atoms with Crippen LogP contribution < -0.4 is 0 Å². The fourth-order valence-electron chi connectivity index (χ4n) is 3.98. The lowest BCUT2D eigenvalue weighted by Crippen LogP contribution is -2.55. The first-order valence-corrected chi connectivity index (χ1v) is 9.42. The molecule has 3 atom stereocenters.